The van der Waals surface area contributed by atoms with Gasteiger partial charge in [0.05, 0.1) is 31.2 Å². The Kier molecular flexibility index (Phi) is 2.38. The van der Waals surface area contributed by atoms with Crippen molar-refractivity contribution in [3.8, 4) is 0 Å². The summed E-state index contributed by atoms with van der Waals surface area (Å²) in [6.07, 6.45) is 0. The SMILES string of the molecule is OCCN1CNC2CN=c3ccccc3=C21. The van der Waals surface area contributed by atoms with Crippen LogP contribution in [0.4, 0.5) is 0 Å². The van der Waals surface area contributed by atoms with Crippen LogP contribution >= 0.6 is 0 Å². The van der Waals surface area contributed by atoms with Gasteiger partial charge in [0.15, 0.2) is 0 Å². The van der Waals surface area contributed by atoms with Gasteiger partial charge < -0.3 is 10.0 Å². The van der Waals surface area contributed by atoms with Crippen molar-refractivity contribution in [2.24, 2.45) is 4.99 Å². The van der Waals surface area contributed by atoms with Gasteiger partial charge in [-0.1, -0.05) is 18.2 Å². The van der Waals surface area contributed by atoms with Crippen LogP contribution in [-0.4, -0.2) is 42.4 Å². The van der Waals surface area contributed by atoms with Gasteiger partial charge >= 0.3 is 0 Å². The first-order valence-corrected chi connectivity index (χ1v) is 5.63. The smallest absolute Gasteiger partial charge is 0.0690 e. The molecule has 4 nitrogen and oxygen atoms in total. The Morgan fingerprint density at radius 2 is 2.31 bits per heavy atom. The van der Waals surface area contributed by atoms with E-state index >= 15 is 0 Å². The molecular weight excluding hydrogens is 202 g/mol. The average Bonchev–Trinajstić information content (AvgIpc) is 2.73. The molecule has 1 aromatic carbocycles. The van der Waals surface area contributed by atoms with Crippen LogP contribution in [0.5, 0.6) is 0 Å². The van der Waals surface area contributed by atoms with Gasteiger partial charge in [0.25, 0.3) is 0 Å². The minimum absolute atomic E-state index is 0.192. The van der Waals surface area contributed by atoms with E-state index < -0.39 is 0 Å². The zero-order valence-electron chi connectivity index (χ0n) is 9.06. The molecule has 2 aliphatic heterocycles. The molecule has 1 fully saturated rings. The van der Waals surface area contributed by atoms with Crippen molar-refractivity contribution >= 4 is 5.70 Å². The number of hydrogen-bond acceptors (Lipinski definition) is 4. The number of hydrogen-bond donors (Lipinski definition) is 2. The summed E-state index contributed by atoms with van der Waals surface area (Å²) >= 11 is 0. The monoisotopic (exact) mass is 217 g/mol. The van der Waals surface area contributed by atoms with Crippen LogP contribution in [0.2, 0.25) is 0 Å². The van der Waals surface area contributed by atoms with E-state index in [1.807, 2.05) is 18.2 Å². The van der Waals surface area contributed by atoms with Crippen molar-refractivity contribution < 1.29 is 5.11 Å². The van der Waals surface area contributed by atoms with Crippen LogP contribution in [0.15, 0.2) is 29.3 Å². The number of nitrogens with one attached hydrogen (secondary N) is 1. The summed E-state index contributed by atoms with van der Waals surface area (Å²) < 4.78 is 0. The van der Waals surface area contributed by atoms with Crippen LogP contribution in [0.25, 0.3) is 5.70 Å². The Balaban J connectivity index is 2.18. The molecule has 2 heterocycles. The highest BCUT2D eigenvalue weighted by molar-refractivity contribution is 5.52. The number of β-amino-alcohol motifs (C(OH)–C–C–N with tert-alkyl or cyclic N) is 1. The standard InChI is InChI=1S/C12H15N3O/c16-6-5-15-8-14-11-7-13-10-4-2-1-3-9(10)12(11)15/h1-4,11,14,16H,5-8H2. The summed E-state index contributed by atoms with van der Waals surface area (Å²) in [6, 6.07) is 8.54. The summed E-state index contributed by atoms with van der Waals surface area (Å²) in [5.74, 6) is 0. The minimum Gasteiger partial charge on any atom is -0.395 e. The highest BCUT2D eigenvalue weighted by atomic mass is 16.3. The molecule has 2 aliphatic rings. The lowest BCUT2D eigenvalue weighted by Gasteiger charge is -2.21. The molecule has 1 atom stereocenters. The highest BCUT2D eigenvalue weighted by Crippen LogP contribution is 2.16. The van der Waals surface area contributed by atoms with Gasteiger partial charge in [-0.25, -0.2) is 0 Å². The first-order valence-electron chi connectivity index (χ1n) is 5.63. The van der Waals surface area contributed by atoms with Crippen LogP contribution in [-0.2, 0) is 0 Å². The van der Waals surface area contributed by atoms with Crippen molar-refractivity contribution in [2.75, 3.05) is 26.4 Å². The second-order valence-electron chi connectivity index (χ2n) is 4.14. The van der Waals surface area contributed by atoms with Crippen molar-refractivity contribution in [1.82, 2.24) is 10.2 Å². The van der Waals surface area contributed by atoms with Crippen LogP contribution in [0, 0.1) is 0 Å². The van der Waals surface area contributed by atoms with E-state index in [0.29, 0.717) is 12.6 Å². The number of benzene rings is 1. The molecule has 0 aromatic heterocycles. The molecule has 0 amide bonds. The molecule has 2 N–H and O–H groups in total. The largest absolute Gasteiger partial charge is 0.395 e. The van der Waals surface area contributed by atoms with Gasteiger partial charge in [0, 0.05) is 17.5 Å². The van der Waals surface area contributed by atoms with Gasteiger partial charge in [0.2, 0.25) is 0 Å². The molecule has 16 heavy (non-hydrogen) atoms. The maximum absolute atomic E-state index is 9.06. The number of para-hydroxylation sites is 1. The molecule has 1 saturated heterocycles. The Bertz CT molecular complexity index is 509. The maximum atomic E-state index is 9.06. The summed E-state index contributed by atoms with van der Waals surface area (Å²) in [7, 11) is 0. The van der Waals surface area contributed by atoms with Gasteiger partial charge in [-0.15, -0.1) is 0 Å². The van der Waals surface area contributed by atoms with E-state index in [-0.39, 0.29) is 6.61 Å². The van der Waals surface area contributed by atoms with Crippen LogP contribution in [0.1, 0.15) is 0 Å². The van der Waals surface area contributed by atoms with Crippen LogP contribution < -0.4 is 15.9 Å². The average molecular weight is 217 g/mol. The highest BCUT2D eigenvalue weighted by Gasteiger charge is 2.28. The molecule has 0 saturated carbocycles. The summed E-state index contributed by atoms with van der Waals surface area (Å²) in [5.41, 5.74) is 1.29. The molecule has 0 radical (unpaired) electrons. The third-order valence-electron chi connectivity index (χ3n) is 3.19. The fourth-order valence-corrected chi connectivity index (χ4v) is 2.47. The number of fused-ring (bicyclic) bond motifs is 2. The fraction of sp³-hybridized carbons (Fsp3) is 0.417. The van der Waals surface area contributed by atoms with E-state index in [2.05, 4.69) is 21.3 Å². The lowest BCUT2D eigenvalue weighted by atomic mass is 10.1. The summed E-state index contributed by atoms with van der Waals surface area (Å²) in [5, 5.41) is 14.8. The van der Waals surface area contributed by atoms with Crippen molar-refractivity contribution in [1.29, 1.82) is 0 Å². The molecule has 0 spiro atoms. The van der Waals surface area contributed by atoms with Gasteiger partial charge in [0.1, 0.15) is 0 Å². The molecule has 1 aromatic rings. The van der Waals surface area contributed by atoms with Gasteiger partial charge in [-0.05, 0) is 6.07 Å². The number of aliphatic hydroxyl groups is 1. The molecule has 1 unspecified atom stereocenters. The van der Waals surface area contributed by atoms with Crippen LogP contribution in [0.3, 0.4) is 0 Å². The Morgan fingerprint density at radius 1 is 1.44 bits per heavy atom. The van der Waals surface area contributed by atoms with E-state index in [0.717, 1.165) is 18.6 Å². The molecule has 4 heteroatoms. The Morgan fingerprint density at radius 3 is 3.19 bits per heavy atom. The third kappa shape index (κ3) is 1.42. The first kappa shape index (κ1) is 9.81. The molecule has 0 aliphatic carbocycles. The van der Waals surface area contributed by atoms with E-state index in [1.165, 1.54) is 10.9 Å². The third-order valence-corrected chi connectivity index (χ3v) is 3.19. The summed E-state index contributed by atoms with van der Waals surface area (Å²) in [6.45, 7) is 2.49. The molecular formula is C12H15N3O. The number of nitrogens with zero attached hydrogens (tertiary/aromatic N) is 2. The first-order chi connectivity index (χ1) is 7.90. The lowest BCUT2D eigenvalue weighted by molar-refractivity contribution is 0.248. The molecule has 3 rings (SSSR count). The second kappa shape index (κ2) is 3.88. The zero-order valence-corrected chi connectivity index (χ0v) is 9.06. The Labute approximate surface area is 93.9 Å². The predicted octanol–water partition coefficient (Wildman–Crippen LogP) is -1.35. The maximum Gasteiger partial charge on any atom is 0.0690 e. The van der Waals surface area contributed by atoms with Crippen molar-refractivity contribution in [3.05, 3.63) is 34.8 Å². The summed E-state index contributed by atoms with van der Waals surface area (Å²) in [4.78, 5) is 6.76. The van der Waals surface area contributed by atoms with E-state index in [4.69, 9.17) is 5.11 Å². The normalized spacial score (nSPS) is 22.7. The minimum atomic E-state index is 0.192. The molecule has 0 bridgehead atoms. The quantitative estimate of drug-likeness (QED) is 0.644. The lowest BCUT2D eigenvalue weighted by Crippen LogP contribution is -2.41. The van der Waals surface area contributed by atoms with E-state index in [1.54, 1.807) is 0 Å². The van der Waals surface area contributed by atoms with Gasteiger partial charge in [-0.2, -0.15) is 0 Å². The fourth-order valence-electron chi connectivity index (χ4n) is 2.47. The second-order valence-corrected chi connectivity index (χ2v) is 4.14. The predicted molar refractivity (Wildman–Crippen MR) is 61.1 cm³/mol. The number of rotatable bonds is 2. The van der Waals surface area contributed by atoms with E-state index in [9.17, 15) is 0 Å². The molecule has 84 valence electrons. The Hall–Kier alpha value is -1.39. The zero-order chi connectivity index (χ0) is 11.0. The van der Waals surface area contributed by atoms with Crippen molar-refractivity contribution in [2.45, 2.75) is 6.04 Å². The topological polar surface area (TPSA) is 47.9 Å². The number of aliphatic hydroxyl groups excluding tert-OH is 1. The van der Waals surface area contributed by atoms with Crippen molar-refractivity contribution in [3.63, 3.8) is 0 Å². The van der Waals surface area contributed by atoms with Gasteiger partial charge in [-0.3, -0.25) is 10.3 Å².